The van der Waals surface area contributed by atoms with E-state index in [2.05, 4.69) is 10.6 Å². The summed E-state index contributed by atoms with van der Waals surface area (Å²) < 4.78 is 4.98. The fourth-order valence-corrected chi connectivity index (χ4v) is 2.86. The molecule has 2 atom stereocenters. The largest absolute Gasteiger partial charge is 0.459 e. The van der Waals surface area contributed by atoms with Gasteiger partial charge in [0.25, 0.3) is 5.91 Å². The van der Waals surface area contributed by atoms with Crippen molar-refractivity contribution in [2.24, 2.45) is 5.92 Å². The molecule has 1 aliphatic carbocycles. The molecule has 1 aromatic rings. The highest BCUT2D eigenvalue weighted by molar-refractivity contribution is 5.91. The predicted octanol–water partition coefficient (Wildman–Crippen LogP) is 1.46. The van der Waals surface area contributed by atoms with Crippen molar-refractivity contribution in [3.8, 4) is 0 Å². The van der Waals surface area contributed by atoms with Crippen LogP contribution in [0.2, 0.25) is 0 Å². The number of nitrogens with one attached hydrogen (secondary N) is 2. The summed E-state index contributed by atoms with van der Waals surface area (Å²) in [5.74, 6) is -0.0284. The number of rotatable bonds is 6. The van der Waals surface area contributed by atoms with Crippen LogP contribution < -0.4 is 10.6 Å². The summed E-state index contributed by atoms with van der Waals surface area (Å²) in [4.78, 5) is 23.6. The van der Waals surface area contributed by atoms with Crippen LogP contribution in [0.25, 0.3) is 0 Å². The zero-order valence-corrected chi connectivity index (χ0v) is 12.7. The highest BCUT2D eigenvalue weighted by Crippen LogP contribution is 2.23. The monoisotopic (exact) mass is 308 g/mol. The number of carbonyl (C=O) groups is 2. The molecular weight excluding hydrogens is 284 g/mol. The van der Waals surface area contributed by atoms with E-state index in [4.69, 9.17) is 4.42 Å². The second-order valence-corrected chi connectivity index (χ2v) is 5.74. The Morgan fingerprint density at radius 2 is 2.09 bits per heavy atom. The first-order chi connectivity index (χ1) is 10.7. The molecule has 6 nitrogen and oxygen atoms in total. The van der Waals surface area contributed by atoms with Gasteiger partial charge < -0.3 is 20.2 Å². The molecule has 0 spiro atoms. The molecule has 22 heavy (non-hydrogen) atoms. The Hall–Kier alpha value is -1.82. The van der Waals surface area contributed by atoms with Crippen LogP contribution in [-0.2, 0) is 4.79 Å². The number of hydrogen-bond donors (Lipinski definition) is 3. The van der Waals surface area contributed by atoms with Gasteiger partial charge in [0.15, 0.2) is 5.76 Å². The van der Waals surface area contributed by atoms with Crippen LogP contribution in [0.5, 0.6) is 0 Å². The van der Waals surface area contributed by atoms with Crippen molar-refractivity contribution in [1.29, 1.82) is 0 Å². The first kappa shape index (κ1) is 16.5. The van der Waals surface area contributed by atoms with E-state index < -0.39 is 0 Å². The summed E-state index contributed by atoms with van der Waals surface area (Å²) in [5.41, 5.74) is 0. The van der Waals surface area contributed by atoms with Crippen LogP contribution in [0, 0.1) is 5.92 Å². The van der Waals surface area contributed by atoms with Crippen molar-refractivity contribution in [3.63, 3.8) is 0 Å². The SMILES string of the molecule is O=C(CCNC(=O)c1ccco1)NC1CCCCCC1CO. The number of amides is 2. The summed E-state index contributed by atoms with van der Waals surface area (Å²) >= 11 is 0. The molecule has 1 saturated carbocycles. The van der Waals surface area contributed by atoms with Crippen LogP contribution in [0.4, 0.5) is 0 Å². The number of aliphatic hydroxyl groups excluding tert-OH is 1. The maximum Gasteiger partial charge on any atom is 0.286 e. The highest BCUT2D eigenvalue weighted by atomic mass is 16.3. The van der Waals surface area contributed by atoms with E-state index in [9.17, 15) is 14.7 Å². The van der Waals surface area contributed by atoms with Gasteiger partial charge in [-0.2, -0.15) is 0 Å². The van der Waals surface area contributed by atoms with Crippen molar-refractivity contribution in [3.05, 3.63) is 24.2 Å². The van der Waals surface area contributed by atoms with Crippen LogP contribution in [-0.4, -0.2) is 36.1 Å². The lowest BCUT2D eigenvalue weighted by molar-refractivity contribution is -0.122. The summed E-state index contributed by atoms with van der Waals surface area (Å²) in [6.45, 7) is 0.377. The molecule has 6 heteroatoms. The molecule has 1 aromatic heterocycles. The van der Waals surface area contributed by atoms with E-state index in [1.807, 2.05) is 0 Å². The van der Waals surface area contributed by atoms with Crippen LogP contribution in [0.1, 0.15) is 49.1 Å². The van der Waals surface area contributed by atoms with E-state index >= 15 is 0 Å². The lowest BCUT2D eigenvalue weighted by atomic mass is 9.95. The summed E-state index contributed by atoms with van der Waals surface area (Å²) in [6, 6.07) is 3.26. The maximum absolute atomic E-state index is 12.0. The third-order valence-corrected chi connectivity index (χ3v) is 4.12. The van der Waals surface area contributed by atoms with Crippen LogP contribution in [0.15, 0.2) is 22.8 Å². The van der Waals surface area contributed by atoms with Gasteiger partial charge in [0.1, 0.15) is 0 Å². The van der Waals surface area contributed by atoms with Gasteiger partial charge in [-0.15, -0.1) is 0 Å². The second-order valence-electron chi connectivity index (χ2n) is 5.74. The van der Waals surface area contributed by atoms with Crippen molar-refractivity contribution >= 4 is 11.8 Å². The van der Waals surface area contributed by atoms with Gasteiger partial charge in [-0.25, -0.2) is 0 Å². The number of aliphatic hydroxyl groups is 1. The third-order valence-electron chi connectivity index (χ3n) is 4.12. The van der Waals surface area contributed by atoms with Gasteiger partial charge in [-0.3, -0.25) is 9.59 Å². The molecule has 122 valence electrons. The van der Waals surface area contributed by atoms with Gasteiger partial charge in [-0.05, 0) is 25.0 Å². The standard InChI is InChI=1S/C16H24N2O4/c19-11-12-5-2-1-3-6-13(12)18-15(20)8-9-17-16(21)14-7-4-10-22-14/h4,7,10,12-13,19H,1-3,5-6,8-9,11H2,(H,17,21)(H,18,20). The van der Waals surface area contributed by atoms with Crippen molar-refractivity contribution in [2.75, 3.05) is 13.2 Å². The van der Waals surface area contributed by atoms with E-state index in [1.54, 1.807) is 12.1 Å². The Bertz CT molecular complexity index is 473. The summed E-state index contributed by atoms with van der Waals surface area (Å²) in [7, 11) is 0. The molecular formula is C16H24N2O4. The predicted molar refractivity (Wildman–Crippen MR) is 81.2 cm³/mol. The Labute approximate surface area is 130 Å². The topological polar surface area (TPSA) is 91.6 Å². The number of hydrogen-bond acceptors (Lipinski definition) is 4. The molecule has 0 aromatic carbocycles. The summed E-state index contributed by atoms with van der Waals surface area (Å²) in [6.07, 6.45) is 6.87. The number of furan rings is 1. The Balaban J connectivity index is 1.71. The second kappa shape index (κ2) is 8.58. The van der Waals surface area contributed by atoms with Gasteiger partial charge >= 0.3 is 0 Å². The number of carbonyl (C=O) groups excluding carboxylic acids is 2. The fourth-order valence-electron chi connectivity index (χ4n) is 2.86. The lowest BCUT2D eigenvalue weighted by Crippen LogP contribution is -2.42. The maximum atomic E-state index is 12.0. The first-order valence-electron chi connectivity index (χ1n) is 7.92. The van der Waals surface area contributed by atoms with Crippen molar-refractivity contribution in [2.45, 2.75) is 44.6 Å². The quantitative estimate of drug-likeness (QED) is 0.694. The molecule has 0 aliphatic heterocycles. The van der Waals surface area contributed by atoms with Gasteiger partial charge in [0.05, 0.1) is 6.26 Å². The zero-order valence-electron chi connectivity index (χ0n) is 12.7. The van der Waals surface area contributed by atoms with Gasteiger partial charge in [-0.1, -0.05) is 19.3 Å². The normalized spacial score (nSPS) is 21.9. The average Bonchev–Trinajstić information content (AvgIpc) is 2.95. The summed E-state index contributed by atoms with van der Waals surface area (Å²) in [5, 5.41) is 15.1. The van der Waals surface area contributed by atoms with Crippen molar-refractivity contribution in [1.82, 2.24) is 10.6 Å². The molecule has 2 rings (SSSR count). The smallest absolute Gasteiger partial charge is 0.286 e. The van der Waals surface area contributed by atoms with Gasteiger partial charge in [0.2, 0.25) is 5.91 Å². The molecule has 0 saturated heterocycles. The first-order valence-corrected chi connectivity index (χ1v) is 7.92. The molecule has 1 aliphatic rings. The molecule has 1 fully saturated rings. The highest BCUT2D eigenvalue weighted by Gasteiger charge is 2.24. The zero-order chi connectivity index (χ0) is 15.8. The van der Waals surface area contributed by atoms with E-state index in [0.29, 0.717) is 0 Å². The van der Waals surface area contributed by atoms with Gasteiger partial charge in [0, 0.05) is 31.5 Å². The van der Waals surface area contributed by atoms with E-state index in [1.165, 1.54) is 6.26 Å². The Kier molecular flexibility index (Phi) is 6.45. The van der Waals surface area contributed by atoms with Crippen molar-refractivity contribution < 1.29 is 19.1 Å². The Morgan fingerprint density at radius 1 is 1.27 bits per heavy atom. The van der Waals surface area contributed by atoms with Crippen LogP contribution >= 0.6 is 0 Å². The molecule has 2 amide bonds. The Morgan fingerprint density at radius 3 is 2.82 bits per heavy atom. The minimum Gasteiger partial charge on any atom is -0.459 e. The lowest BCUT2D eigenvalue weighted by Gasteiger charge is -2.24. The fraction of sp³-hybridized carbons (Fsp3) is 0.625. The third kappa shape index (κ3) is 4.87. The molecule has 0 radical (unpaired) electrons. The minimum absolute atomic E-state index is 0.0424. The van der Waals surface area contributed by atoms with E-state index in [0.717, 1.165) is 32.1 Å². The molecule has 1 heterocycles. The van der Waals surface area contributed by atoms with E-state index in [-0.39, 0.29) is 49.1 Å². The van der Waals surface area contributed by atoms with Crippen LogP contribution in [0.3, 0.4) is 0 Å². The molecule has 0 bridgehead atoms. The molecule has 2 unspecified atom stereocenters. The molecule has 3 N–H and O–H groups in total. The minimum atomic E-state index is -0.319. The average molecular weight is 308 g/mol.